The molecule has 2 aliphatic carbocycles. The van der Waals surface area contributed by atoms with E-state index in [0.29, 0.717) is 24.9 Å². The molecule has 1 aromatic carbocycles. The number of likely N-dealkylation sites (tertiary alicyclic amines) is 1. The Bertz CT molecular complexity index is 1450. The highest BCUT2D eigenvalue weighted by atomic mass is 16.6. The van der Waals surface area contributed by atoms with Crippen molar-refractivity contribution in [3.8, 4) is 0 Å². The molecule has 3 aliphatic rings. The van der Waals surface area contributed by atoms with Crippen molar-refractivity contribution in [3.63, 3.8) is 0 Å². The molecule has 1 aromatic rings. The number of amides is 6. The summed E-state index contributed by atoms with van der Waals surface area (Å²) in [5, 5.41) is 10.6. The number of nitrogens with one attached hydrogen (secondary N) is 4. The van der Waals surface area contributed by atoms with E-state index < -0.39 is 65.9 Å². The van der Waals surface area contributed by atoms with Crippen LogP contribution in [0.1, 0.15) is 103 Å². The molecule has 0 spiro atoms. The second kappa shape index (κ2) is 18.3. The summed E-state index contributed by atoms with van der Waals surface area (Å²) in [6, 6.07) is 4.79. The van der Waals surface area contributed by atoms with Crippen molar-refractivity contribution in [1.29, 1.82) is 0 Å². The standard InChI is InChI=1S/C38H56N6O8/c1-38(2,3)52-37(51)42-31(26-18-10-7-11-19-26)36(50)44-21-13-20-28(44)33(47)40-27(22-24-14-12-15-24)32(46)34(48)39-23-29(45)41-30(35(49)43(4)5)25-16-8-6-9-17-25/h6,8-9,16-17,24,26-28,30-31H,7,10-15,18-23H2,1-5H3,(H,39,48)(H,40,47)(H,41,45)(H,42,51). The van der Waals surface area contributed by atoms with Gasteiger partial charge in [0, 0.05) is 20.6 Å². The molecule has 14 nitrogen and oxygen atoms in total. The number of hydrogen-bond acceptors (Lipinski definition) is 8. The lowest BCUT2D eigenvalue weighted by Gasteiger charge is -2.35. The van der Waals surface area contributed by atoms with Crippen molar-refractivity contribution >= 4 is 41.4 Å². The van der Waals surface area contributed by atoms with Crippen LogP contribution in [0.2, 0.25) is 0 Å². The predicted molar refractivity (Wildman–Crippen MR) is 192 cm³/mol. The maximum absolute atomic E-state index is 14.1. The van der Waals surface area contributed by atoms with E-state index in [0.717, 1.165) is 51.4 Å². The van der Waals surface area contributed by atoms with E-state index >= 15 is 0 Å². The van der Waals surface area contributed by atoms with Crippen LogP contribution in [0.3, 0.4) is 0 Å². The monoisotopic (exact) mass is 724 g/mol. The van der Waals surface area contributed by atoms with Crippen LogP contribution in [0.4, 0.5) is 4.79 Å². The van der Waals surface area contributed by atoms with Gasteiger partial charge < -0.3 is 35.8 Å². The molecule has 52 heavy (non-hydrogen) atoms. The summed E-state index contributed by atoms with van der Waals surface area (Å²) in [6.07, 6.45) is 7.64. The molecular formula is C38H56N6O8. The Morgan fingerprint density at radius 3 is 2.12 bits per heavy atom. The summed E-state index contributed by atoms with van der Waals surface area (Å²) in [4.78, 5) is 96.0. The van der Waals surface area contributed by atoms with Gasteiger partial charge in [-0.2, -0.15) is 0 Å². The maximum Gasteiger partial charge on any atom is 0.408 e. The van der Waals surface area contributed by atoms with Gasteiger partial charge in [-0.05, 0) is 70.3 Å². The zero-order valence-corrected chi connectivity index (χ0v) is 31.2. The van der Waals surface area contributed by atoms with Gasteiger partial charge in [-0.3, -0.25) is 28.8 Å². The van der Waals surface area contributed by atoms with E-state index in [-0.39, 0.29) is 30.1 Å². The predicted octanol–water partition coefficient (Wildman–Crippen LogP) is 2.76. The minimum Gasteiger partial charge on any atom is -0.444 e. The van der Waals surface area contributed by atoms with E-state index in [1.54, 1.807) is 65.2 Å². The normalized spacial score (nSPS) is 19.6. The molecule has 4 unspecified atom stereocenters. The summed E-state index contributed by atoms with van der Waals surface area (Å²) >= 11 is 0. The Kier molecular flexibility index (Phi) is 14.2. The molecule has 1 saturated heterocycles. The van der Waals surface area contributed by atoms with E-state index in [4.69, 9.17) is 4.74 Å². The average molecular weight is 725 g/mol. The topological polar surface area (TPSA) is 183 Å². The number of carbonyl (C=O) groups is 7. The van der Waals surface area contributed by atoms with Crippen molar-refractivity contribution in [2.75, 3.05) is 27.2 Å². The highest BCUT2D eigenvalue weighted by Crippen LogP contribution is 2.32. The fourth-order valence-corrected chi connectivity index (χ4v) is 7.14. The summed E-state index contributed by atoms with van der Waals surface area (Å²) in [6.45, 7) is 5.00. The second-order valence-electron chi connectivity index (χ2n) is 15.5. The Balaban J connectivity index is 1.41. The largest absolute Gasteiger partial charge is 0.444 e. The summed E-state index contributed by atoms with van der Waals surface area (Å²) in [5.74, 6) is -3.82. The Morgan fingerprint density at radius 1 is 0.846 bits per heavy atom. The molecule has 4 rings (SSSR count). The van der Waals surface area contributed by atoms with Gasteiger partial charge in [-0.1, -0.05) is 68.9 Å². The van der Waals surface area contributed by atoms with Crippen molar-refractivity contribution < 1.29 is 38.3 Å². The van der Waals surface area contributed by atoms with Crippen LogP contribution in [0.15, 0.2) is 30.3 Å². The van der Waals surface area contributed by atoms with Crippen LogP contribution in [-0.4, -0.2) is 102 Å². The number of rotatable bonds is 14. The van der Waals surface area contributed by atoms with Gasteiger partial charge >= 0.3 is 6.09 Å². The third-order valence-electron chi connectivity index (χ3n) is 10.1. The lowest BCUT2D eigenvalue weighted by molar-refractivity contribution is -0.144. The first-order chi connectivity index (χ1) is 24.6. The summed E-state index contributed by atoms with van der Waals surface area (Å²) in [7, 11) is 3.14. The number of hydrogen-bond donors (Lipinski definition) is 4. The molecule has 1 heterocycles. The SMILES string of the molecule is CN(C)C(=O)C(NC(=O)CNC(=O)C(=O)C(CC1CCC1)NC(=O)C1CCCN1C(=O)C(NC(=O)OC(C)(C)C)C1CCCCC1)c1ccccc1. The molecule has 1 aliphatic heterocycles. The smallest absolute Gasteiger partial charge is 0.408 e. The molecule has 286 valence electrons. The van der Waals surface area contributed by atoms with Crippen LogP contribution in [0.5, 0.6) is 0 Å². The number of carbonyl (C=O) groups excluding carboxylic acids is 7. The first-order valence-electron chi connectivity index (χ1n) is 18.6. The molecule has 3 fully saturated rings. The van der Waals surface area contributed by atoms with Gasteiger partial charge in [-0.25, -0.2) is 4.79 Å². The Morgan fingerprint density at radius 2 is 1.52 bits per heavy atom. The van der Waals surface area contributed by atoms with Gasteiger partial charge in [-0.15, -0.1) is 0 Å². The van der Waals surface area contributed by atoms with Crippen LogP contribution < -0.4 is 21.3 Å². The number of alkyl carbamates (subject to hydrolysis) is 1. The molecule has 6 amide bonds. The Hall–Kier alpha value is -4.49. The fourth-order valence-electron chi connectivity index (χ4n) is 7.14. The van der Waals surface area contributed by atoms with Gasteiger partial charge in [0.15, 0.2) is 0 Å². The average Bonchev–Trinajstić information content (AvgIpc) is 3.59. The summed E-state index contributed by atoms with van der Waals surface area (Å²) in [5.41, 5.74) is -0.195. The summed E-state index contributed by atoms with van der Waals surface area (Å²) < 4.78 is 5.48. The number of likely N-dealkylation sites (N-methyl/N-ethyl adjacent to an activating group) is 1. The van der Waals surface area contributed by atoms with Crippen molar-refractivity contribution in [2.45, 2.75) is 121 Å². The minimum atomic E-state index is -1.15. The molecule has 14 heteroatoms. The molecule has 0 bridgehead atoms. The highest BCUT2D eigenvalue weighted by Gasteiger charge is 2.43. The number of Topliss-reactive ketones (excluding diaryl/α,β-unsaturated/α-hetero) is 1. The number of benzene rings is 1. The van der Waals surface area contributed by atoms with Crippen LogP contribution >= 0.6 is 0 Å². The highest BCUT2D eigenvalue weighted by molar-refractivity contribution is 6.38. The van der Waals surface area contributed by atoms with Gasteiger partial charge in [0.25, 0.3) is 5.91 Å². The van der Waals surface area contributed by atoms with E-state index in [1.807, 2.05) is 0 Å². The van der Waals surface area contributed by atoms with Crippen LogP contribution in [-0.2, 0) is 33.5 Å². The first-order valence-corrected chi connectivity index (χ1v) is 18.6. The zero-order valence-electron chi connectivity index (χ0n) is 31.2. The van der Waals surface area contributed by atoms with Gasteiger partial charge in [0.1, 0.15) is 23.7 Å². The van der Waals surface area contributed by atoms with Crippen molar-refractivity contribution in [3.05, 3.63) is 35.9 Å². The number of nitrogens with zero attached hydrogens (tertiary/aromatic N) is 2. The molecule has 4 N–H and O–H groups in total. The number of ether oxygens (including phenoxy) is 1. The lowest BCUT2D eigenvalue weighted by Crippen LogP contribution is -2.58. The lowest BCUT2D eigenvalue weighted by atomic mass is 9.80. The zero-order chi connectivity index (χ0) is 38.0. The third-order valence-corrected chi connectivity index (χ3v) is 10.1. The second-order valence-corrected chi connectivity index (χ2v) is 15.5. The van der Waals surface area contributed by atoms with E-state index in [1.165, 1.54) is 9.80 Å². The first kappa shape index (κ1) is 40.3. The number of ketones is 1. The van der Waals surface area contributed by atoms with Crippen molar-refractivity contribution in [1.82, 2.24) is 31.1 Å². The molecular weight excluding hydrogens is 668 g/mol. The van der Waals surface area contributed by atoms with E-state index in [2.05, 4.69) is 21.3 Å². The van der Waals surface area contributed by atoms with E-state index in [9.17, 15) is 33.6 Å². The fraction of sp³-hybridized carbons (Fsp3) is 0.658. The van der Waals surface area contributed by atoms with Crippen molar-refractivity contribution in [2.24, 2.45) is 11.8 Å². The van der Waals surface area contributed by atoms with Crippen LogP contribution in [0.25, 0.3) is 0 Å². The quantitative estimate of drug-likeness (QED) is 0.211. The third kappa shape index (κ3) is 11.3. The van der Waals surface area contributed by atoms with Crippen LogP contribution in [0, 0.1) is 11.8 Å². The molecule has 2 saturated carbocycles. The minimum absolute atomic E-state index is 0.101. The Labute approximate surface area is 306 Å². The molecule has 0 aromatic heterocycles. The molecule has 0 radical (unpaired) electrons. The van der Waals surface area contributed by atoms with Gasteiger partial charge in [0.05, 0.1) is 12.6 Å². The molecule has 4 atom stereocenters. The maximum atomic E-state index is 14.1. The van der Waals surface area contributed by atoms with Gasteiger partial charge in [0.2, 0.25) is 29.4 Å².